The number of halogens is 1. The van der Waals surface area contributed by atoms with Crippen molar-refractivity contribution in [3.8, 4) is 10.6 Å². The molecule has 0 fully saturated rings. The maximum atomic E-state index is 13.0. The summed E-state index contributed by atoms with van der Waals surface area (Å²) in [6.07, 6.45) is 0. The van der Waals surface area contributed by atoms with Crippen LogP contribution in [0.3, 0.4) is 0 Å². The molecule has 0 bridgehead atoms. The second-order valence-corrected chi connectivity index (χ2v) is 7.66. The van der Waals surface area contributed by atoms with E-state index in [0.717, 1.165) is 32.6 Å². The molecule has 4 aromatic rings. The minimum Gasteiger partial charge on any atom is -0.332 e. The summed E-state index contributed by atoms with van der Waals surface area (Å²) in [5.74, 6) is -0.0791. The van der Waals surface area contributed by atoms with E-state index in [4.69, 9.17) is 12.2 Å². The van der Waals surface area contributed by atoms with Crippen LogP contribution in [0.5, 0.6) is 0 Å². The highest BCUT2D eigenvalue weighted by Gasteiger charge is 2.13. The number of carbonyl (C=O) groups excluding carboxylic acids is 1. The number of benzene rings is 2. The van der Waals surface area contributed by atoms with E-state index in [1.807, 2.05) is 32.0 Å². The summed E-state index contributed by atoms with van der Waals surface area (Å²) in [5, 5.41) is 19.2. The molecule has 1 amide bonds. The number of anilines is 1. The third kappa shape index (κ3) is 3.98. The number of fused-ring (bicyclic) bond motifs is 1. The van der Waals surface area contributed by atoms with Crippen molar-refractivity contribution < 1.29 is 9.18 Å². The van der Waals surface area contributed by atoms with E-state index in [0.29, 0.717) is 5.56 Å². The topological polar surface area (TPSA) is 84.2 Å². The number of amides is 1. The minimum atomic E-state index is -0.410. The smallest absolute Gasteiger partial charge is 0.257 e. The zero-order valence-electron chi connectivity index (χ0n) is 15.4. The minimum absolute atomic E-state index is 0.157. The van der Waals surface area contributed by atoms with Crippen molar-refractivity contribution in [2.75, 3.05) is 5.32 Å². The van der Waals surface area contributed by atoms with E-state index in [2.05, 4.69) is 25.9 Å². The highest BCUT2D eigenvalue weighted by Crippen LogP contribution is 2.28. The first-order valence-corrected chi connectivity index (χ1v) is 9.81. The molecule has 0 radical (unpaired) electrons. The SMILES string of the molecule is Cc1cc(-c2nn3c(C)nnc3s2)ccc1NC(=S)NC(=O)c1ccc(F)cc1. The molecule has 2 heterocycles. The Bertz CT molecular complexity index is 1230. The van der Waals surface area contributed by atoms with Crippen LogP contribution in [0.4, 0.5) is 10.1 Å². The Kier molecular flexibility index (Phi) is 5.03. The van der Waals surface area contributed by atoms with E-state index in [9.17, 15) is 9.18 Å². The summed E-state index contributed by atoms with van der Waals surface area (Å²) in [6, 6.07) is 11.0. The summed E-state index contributed by atoms with van der Waals surface area (Å²) in [6.45, 7) is 3.78. The number of aromatic nitrogens is 4. The van der Waals surface area contributed by atoms with Gasteiger partial charge < -0.3 is 5.32 Å². The van der Waals surface area contributed by atoms with Gasteiger partial charge in [0, 0.05) is 16.8 Å². The quantitative estimate of drug-likeness (QED) is 0.486. The van der Waals surface area contributed by atoms with Crippen LogP contribution < -0.4 is 10.6 Å². The Hall–Kier alpha value is -3.24. The molecule has 0 unspecified atom stereocenters. The molecule has 2 N–H and O–H groups in total. The van der Waals surface area contributed by atoms with Crippen molar-refractivity contribution in [1.29, 1.82) is 0 Å². The van der Waals surface area contributed by atoms with Crippen molar-refractivity contribution in [3.63, 3.8) is 0 Å². The van der Waals surface area contributed by atoms with Crippen molar-refractivity contribution in [2.45, 2.75) is 13.8 Å². The zero-order valence-corrected chi connectivity index (χ0v) is 17.1. The average molecular weight is 427 g/mol. The van der Waals surface area contributed by atoms with Crippen molar-refractivity contribution in [3.05, 3.63) is 65.2 Å². The van der Waals surface area contributed by atoms with Crippen LogP contribution in [0.15, 0.2) is 42.5 Å². The van der Waals surface area contributed by atoms with Crippen LogP contribution in [0.1, 0.15) is 21.7 Å². The third-order valence-electron chi connectivity index (χ3n) is 4.20. The van der Waals surface area contributed by atoms with Gasteiger partial charge in [-0.25, -0.2) is 4.39 Å². The Morgan fingerprint density at radius 2 is 1.90 bits per heavy atom. The van der Waals surface area contributed by atoms with Gasteiger partial charge in [-0.2, -0.15) is 9.61 Å². The Morgan fingerprint density at radius 1 is 1.14 bits per heavy atom. The molecule has 29 heavy (non-hydrogen) atoms. The lowest BCUT2D eigenvalue weighted by molar-refractivity contribution is 0.0977. The fourth-order valence-corrected chi connectivity index (χ4v) is 3.78. The van der Waals surface area contributed by atoms with Crippen LogP contribution in [-0.2, 0) is 0 Å². The molecule has 4 rings (SSSR count). The number of carbonyl (C=O) groups is 1. The fraction of sp³-hybridized carbons (Fsp3) is 0.105. The van der Waals surface area contributed by atoms with Gasteiger partial charge in [-0.3, -0.25) is 10.1 Å². The molecule has 7 nitrogen and oxygen atoms in total. The fourth-order valence-electron chi connectivity index (χ4n) is 2.70. The monoisotopic (exact) mass is 426 g/mol. The van der Waals surface area contributed by atoms with E-state index >= 15 is 0 Å². The predicted molar refractivity (Wildman–Crippen MR) is 114 cm³/mol. The lowest BCUT2D eigenvalue weighted by atomic mass is 10.1. The summed E-state index contributed by atoms with van der Waals surface area (Å²) in [4.78, 5) is 12.9. The van der Waals surface area contributed by atoms with Gasteiger partial charge in [0.25, 0.3) is 5.91 Å². The number of aryl methyl sites for hydroxylation is 2. The molecule has 2 aromatic heterocycles. The van der Waals surface area contributed by atoms with E-state index in [1.54, 1.807) is 4.52 Å². The molecule has 0 aliphatic carbocycles. The number of nitrogens with zero attached hydrogens (tertiary/aromatic N) is 4. The Labute approximate surface area is 174 Å². The summed E-state index contributed by atoms with van der Waals surface area (Å²) >= 11 is 6.68. The van der Waals surface area contributed by atoms with Gasteiger partial charge in [0.15, 0.2) is 10.9 Å². The van der Waals surface area contributed by atoms with Crippen LogP contribution in [-0.4, -0.2) is 30.8 Å². The molecule has 0 aliphatic heterocycles. The van der Waals surface area contributed by atoms with Gasteiger partial charge in [-0.15, -0.1) is 10.2 Å². The Balaban J connectivity index is 1.47. The molecule has 0 spiro atoms. The second kappa shape index (κ2) is 7.64. The van der Waals surface area contributed by atoms with Crippen LogP contribution >= 0.6 is 23.6 Å². The molecule has 146 valence electrons. The van der Waals surface area contributed by atoms with Crippen molar-refractivity contribution in [1.82, 2.24) is 25.1 Å². The van der Waals surface area contributed by atoms with Crippen LogP contribution in [0.25, 0.3) is 15.5 Å². The molecule has 0 saturated carbocycles. The number of thiocarbonyl (C=S) groups is 1. The van der Waals surface area contributed by atoms with Gasteiger partial charge >= 0.3 is 0 Å². The Morgan fingerprint density at radius 3 is 2.59 bits per heavy atom. The highest BCUT2D eigenvalue weighted by atomic mass is 32.1. The third-order valence-corrected chi connectivity index (χ3v) is 5.35. The first-order valence-electron chi connectivity index (χ1n) is 8.58. The van der Waals surface area contributed by atoms with E-state index in [1.165, 1.54) is 35.6 Å². The van der Waals surface area contributed by atoms with Gasteiger partial charge in [-0.05, 0) is 74.1 Å². The van der Waals surface area contributed by atoms with Gasteiger partial charge in [-0.1, -0.05) is 11.3 Å². The zero-order chi connectivity index (χ0) is 20.5. The van der Waals surface area contributed by atoms with Gasteiger partial charge in [0.2, 0.25) is 4.96 Å². The number of hydrogen-bond acceptors (Lipinski definition) is 6. The van der Waals surface area contributed by atoms with Crippen molar-refractivity contribution >= 4 is 45.2 Å². The first kappa shape index (κ1) is 19.1. The molecule has 2 aromatic carbocycles. The van der Waals surface area contributed by atoms with Crippen LogP contribution in [0.2, 0.25) is 0 Å². The van der Waals surface area contributed by atoms with Gasteiger partial charge in [0.1, 0.15) is 10.8 Å². The number of hydrogen-bond donors (Lipinski definition) is 2. The molecular formula is C19H15FN6OS2. The normalized spacial score (nSPS) is 10.9. The highest BCUT2D eigenvalue weighted by molar-refractivity contribution is 7.80. The summed E-state index contributed by atoms with van der Waals surface area (Å²) in [5.41, 5.74) is 2.96. The molecular weight excluding hydrogens is 411 g/mol. The molecule has 0 saturated heterocycles. The molecule has 0 atom stereocenters. The number of rotatable bonds is 3. The number of nitrogens with one attached hydrogen (secondary N) is 2. The summed E-state index contributed by atoms with van der Waals surface area (Å²) in [7, 11) is 0. The van der Waals surface area contributed by atoms with E-state index in [-0.39, 0.29) is 5.11 Å². The average Bonchev–Trinajstić information content (AvgIpc) is 3.26. The first-order chi connectivity index (χ1) is 13.9. The molecule has 10 heteroatoms. The largest absolute Gasteiger partial charge is 0.332 e. The van der Waals surface area contributed by atoms with Crippen LogP contribution in [0, 0.1) is 19.7 Å². The standard InChI is InChI=1S/C19H15FN6OS2/c1-10-9-13(17-25-26-11(2)23-24-19(26)29-17)5-8-15(10)21-18(28)22-16(27)12-3-6-14(20)7-4-12/h3-9H,1-2H3,(H2,21,22,27,28). The maximum absolute atomic E-state index is 13.0. The van der Waals surface area contributed by atoms with Crippen molar-refractivity contribution in [2.24, 2.45) is 0 Å². The second-order valence-electron chi connectivity index (χ2n) is 6.29. The lowest BCUT2D eigenvalue weighted by Gasteiger charge is -2.12. The predicted octanol–water partition coefficient (Wildman–Crippen LogP) is 3.74. The lowest BCUT2D eigenvalue weighted by Crippen LogP contribution is -2.34. The maximum Gasteiger partial charge on any atom is 0.257 e. The van der Waals surface area contributed by atoms with E-state index < -0.39 is 11.7 Å². The van der Waals surface area contributed by atoms with Gasteiger partial charge in [0.05, 0.1) is 0 Å². The summed E-state index contributed by atoms with van der Waals surface area (Å²) < 4.78 is 14.7. The molecule has 0 aliphatic rings.